The van der Waals surface area contributed by atoms with Gasteiger partial charge >= 0.3 is 0 Å². The maximum atomic E-state index is 10.8. The summed E-state index contributed by atoms with van der Waals surface area (Å²) < 4.78 is 3.77. The highest BCUT2D eigenvalue weighted by atomic mass is 16.1. The summed E-state index contributed by atoms with van der Waals surface area (Å²) in [5, 5.41) is 4.12. The lowest BCUT2D eigenvalue weighted by Crippen LogP contribution is -1.98. The van der Waals surface area contributed by atoms with Gasteiger partial charge in [0.05, 0.1) is 11.9 Å². The van der Waals surface area contributed by atoms with E-state index in [-0.39, 0.29) is 0 Å². The van der Waals surface area contributed by atoms with Crippen LogP contribution >= 0.6 is 0 Å². The third kappa shape index (κ3) is 1.48. The van der Waals surface area contributed by atoms with E-state index in [1.165, 1.54) is 0 Å². The number of aryl methyl sites for hydroxylation is 2. The van der Waals surface area contributed by atoms with E-state index in [0.717, 1.165) is 28.9 Å². The quantitative estimate of drug-likeness (QED) is 0.696. The topological polar surface area (TPSA) is 39.8 Å². The van der Waals surface area contributed by atoms with E-state index in [0.29, 0.717) is 0 Å². The van der Waals surface area contributed by atoms with Crippen molar-refractivity contribution < 1.29 is 4.79 Å². The third-order valence-electron chi connectivity index (χ3n) is 2.55. The van der Waals surface area contributed by atoms with Crippen LogP contribution in [0.25, 0.3) is 5.69 Å². The number of aldehydes is 1. The van der Waals surface area contributed by atoms with E-state index in [1.54, 1.807) is 10.9 Å². The average Bonchev–Trinajstić information content (AvgIpc) is 2.71. The molecule has 4 nitrogen and oxygen atoms in total. The molecule has 0 radical (unpaired) electrons. The lowest BCUT2D eigenvalue weighted by molar-refractivity contribution is 0.112. The van der Waals surface area contributed by atoms with Crippen molar-refractivity contribution in [3.05, 3.63) is 35.4 Å². The zero-order chi connectivity index (χ0) is 11.0. The molecule has 0 aliphatic carbocycles. The van der Waals surface area contributed by atoms with Crippen LogP contribution in [-0.4, -0.2) is 20.6 Å². The minimum absolute atomic E-state index is 0.733. The Kier molecular flexibility index (Phi) is 2.19. The molecule has 0 aliphatic rings. The molecule has 0 amide bonds. The number of carbonyl (C=O) groups excluding carboxylic acids is 1. The lowest BCUT2D eigenvalue weighted by Gasteiger charge is -2.05. The maximum Gasteiger partial charge on any atom is 0.151 e. The number of aromatic nitrogens is 3. The molecule has 2 aromatic rings. The molecule has 0 unspecified atom stereocenters. The summed E-state index contributed by atoms with van der Waals surface area (Å²) in [5.74, 6) is 0. The fraction of sp³-hybridized carbons (Fsp3) is 0.273. The van der Waals surface area contributed by atoms with Crippen LogP contribution in [0.1, 0.15) is 21.7 Å². The van der Waals surface area contributed by atoms with Crippen molar-refractivity contribution >= 4 is 6.29 Å². The van der Waals surface area contributed by atoms with Gasteiger partial charge in [0.2, 0.25) is 0 Å². The van der Waals surface area contributed by atoms with Gasteiger partial charge in [-0.2, -0.15) is 5.10 Å². The summed E-state index contributed by atoms with van der Waals surface area (Å²) in [6, 6.07) is 1.88. The number of nitrogens with zero attached hydrogens (tertiary/aromatic N) is 3. The Morgan fingerprint density at radius 2 is 2.13 bits per heavy atom. The van der Waals surface area contributed by atoms with Crippen molar-refractivity contribution in [1.29, 1.82) is 0 Å². The zero-order valence-corrected chi connectivity index (χ0v) is 9.06. The largest absolute Gasteiger partial charge is 0.315 e. The molecular weight excluding hydrogens is 190 g/mol. The number of hydrogen-bond donors (Lipinski definition) is 0. The lowest BCUT2D eigenvalue weighted by atomic mass is 10.3. The summed E-state index contributed by atoms with van der Waals surface area (Å²) in [6.07, 6.45) is 4.60. The highest BCUT2D eigenvalue weighted by Crippen LogP contribution is 2.18. The molecule has 2 heterocycles. The molecule has 2 aromatic heterocycles. The first-order chi connectivity index (χ1) is 7.13. The second-order valence-electron chi connectivity index (χ2n) is 3.65. The number of hydrogen-bond acceptors (Lipinski definition) is 2. The third-order valence-corrected chi connectivity index (χ3v) is 2.55. The Labute approximate surface area is 88.1 Å². The van der Waals surface area contributed by atoms with E-state index in [9.17, 15) is 4.79 Å². The van der Waals surface area contributed by atoms with E-state index < -0.39 is 0 Å². The summed E-state index contributed by atoms with van der Waals surface area (Å²) in [7, 11) is 1.87. The Morgan fingerprint density at radius 1 is 1.40 bits per heavy atom. The van der Waals surface area contributed by atoms with Crippen molar-refractivity contribution in [2.24, 2.45) is 7.05 Å². The van der Waals surface area contributed by atoms with Crippen molar-refractivity contribution in [1.82, 2.24) is 14.3 Å². The van der Waals surface area contributed by atoms with Crippen LogP contribution < -0.4 is 0 Å². The predicted octanol–water partition coefficient (Wildman–Crippen LogP) is 1.64. The average molecular weight is 203 g/mol. The molecule has 15 heavy (non-hydrogen) atoms. The smallest absolute Gasteiger partial charge is 0.151 e. The number of carbonyl (C=O) groups is 1. The molecule has 0 saturated heterocycles. The molecule has 78 valence electrons. The van der Waals surface area contributed by atoms with E-state index in [2.05, 4.69) is 5.10 Å². The molecule has 0 aromatic carbocycles. The Bertz CT molecular complexity index is 508. The highest BCUT2D eigenvalue weighted by molar-refractivity contribution is 5.77. The molecule has 0 saturated carbocycles. The van der Waals surface area contributed by atoms with Crippen LogP contribution in [0.5, 0.6) is 0 Å². The van der Waals surface area contributed by atoms with Crippen molar-refractivity contribution in [2.45, 2.75) is 13.8 Å². The maximum absolute atomic E-state index is 10.8. The van der Waals surface area contributed by atoms with Crippen LogP contribution in [0.15, 0.2) is 18.5 Å². The molecule has 0 N–H and O–H groups in total. The van der Waals surface area contributed by atoms with E-state index in [1.807, 2.05) is 37.7 Å². The second kappa shape index (κ2) is 3.38. The fourth-order valence-corrected chi connectivity index (χ4v) is 1.83. The minimum atomic E-state index is 0.733. The van der Waals surface area contributed by atoms with Gasteiger partial charge in [-0.25, -0.2) is 0 Å². The summed E-state index contributed by atoms with van der Waals surface area (Å²) in [6.45, 7) is 3.91. The van der Waals surface area contributed by atoms with Gasteiger partial charge in [-0.15, -0.1) is 0 Å². The summed E-state index contributed by atoms with van der Waals surface area (Å²) in [4.78, 5) is 10.8. The van der Waals surface area contributed by atoms with Gasteiger partial charge < -0.3 is 4.57 Å². The molecule has 4 heteroatoms. The fourth-order valence-electron chi connectivity index (χ4n) is 1.83. The molecular formula is C11H13N3O. The second-order valence-corrected chi connectivity index (χ2v) is 3.65. The van der Waals surface area contributed by atoms with Gasteiger partial charge in [0.25, 0.3) is 0 Å². The number of rotatable bonds is 2. The molecule has 0 atom stereocenters. The van der Waals surface area contributed by atoms with Gasteiger partial charge in [0, 0.05) is 30.2 Å². The normalized spacial score (nSPS) is 10.6. The highest BCUT2D eigenvalue weighted by Gasteiger charge is 2.10. The predicted molar refractivity (Wildman–Crippen MR) is 57.4 cm³/mol. The Hall–Kier alpha value is -1.84. The minimum Gasteiger partial charge on any atom is -0.315 e. The van der Waals surface area contributed by atoms with E-state index in [4.69, 9.17) is 0 Å². The standard InChI is InChI=1S/C11H13N3O/c1-8-4-10(7-15)9(2)14(8)11-5-12-13(3)6-11/h4-7H,1-3H3. The van der Waals surface area contributed by atoms with Crippen LogP contribution in [0.2, 0.25) is 0 Å². The zero-order valence-electron chi connectivity index (χ0n) is 9.06. The molecule has 2 rings (SSSR count). The van der Waals surface area contributed by atoms with Crippen molar-refractivity contribution in [2.75, 3.05) is 0 Å². The SMILES string of the molecule is Cc1cc(C=O)c(C)n1-c1cnn(C)c1. The summed E-state index contributed by atoms with van der Waals surface area (Å²) in [5.41, 5.74) is 3.72. The Balaban J connectivity index is 2.62. The van der Waals surface area contributed by atoms with Gasteiger partial charge in [0.1, 0.15) is 0 Å². The van der Waals surface area contributed by atoms with Crippen LogP contribution in [0.3, 0.4) is 0 Å². The van der Waals surface area contributed by atoms with Crippen molar-refractivity contribution in [3.8, 4) is 5.69 Å². The van der Waals surface area contributed by atoms with Crippen LogP contribution in [-0.2, 0) is 7.05 Å². The van der Waals surface area contributed by atoms with Gasteiger partial charge in [-0.05, 0) is 19.9 Å². The molecule has 0 fully saturated rings. The van der Waals surface area contributed by atoms with Crippen LogP contribution in [0, 0.1) is 13.8 Å². The molecule has 0 spiro atoms. The van der Waals surface area contributed by atoms with Crippen LogP contribution in [0.4, 0.5) is 0 Å². The first-order valence-corrected chi connectivity index (χ1v) is 4.76. The first-order valence-electron chi connectivity index (χ1n) is 4.76. The Morgan fingerprint density at radius 3 is 2.60 bits per heavy atom. The van der Waals surface area contributed by atoms with Gasteiger partial charge in [-0.1, -0.05) is 0 Å². The summed E-state index contributed by atoms with van der Waals surface area (Å²) >= 11 is 0. The molecule has 0 bridgehead atoms. The molecule has 0 aliphatic heterocycles. The van der Waals surface area contributed by atoms with Gasteiger partial charge in [0.15, 0.2) is 6.29 Å². The van der Waals surface area contributed by atoms with Crippen molar-refractivity contribution in [3.63, 3.8) is 0 Å². The van der Waals surface area contributed by atoms with E-state index >= 15 is 0 Å². The monoisotopic (exact) mass is 203 g/mol. The first kappa shape index (κ1) is 9.71. The van der Waals surface area contributed by atoms with Gasteiger partial charge in [-0.3, -0.25) is 9.48 Å².